The van der Waals surface area contributed by atoms with Crippen LogP contribution in [0.1, 0.15) is 36.8 Å². The van der Waals surface area contributed by atoms with E-state index in [1.165, 1.54) is 7.11 Å². The van der Waals surface area contributed by atoms with Crippen LogP contribution in [-0.2, 0) is 26.2 Å². The number of rotatable bonds is 9. The van der Waals surface area contributed by atoms with Gasteiger partial charge < -0.3 is 10.1 Å². The maximum absolute atomic E-state index is 13.2. The first-order valence-electron chi connectivity index (χ1n) is 9.78. The fourth-order valence-electron chi connectivity index (χ4n) is 3.31. The standard InChI is InChI=1S/C23H26N2O3S/c1-23(17-10-4-3-5-11-17,22(27)24-15-9-8-14-21(26)28-2)16-20-25-18-12-6-7-13-19(18)29-20/h3-7,10-13H,8-9,14-16H2,1-2H3,(H,24,27). The molecule has 29 heavy (non-hydrogen) atoms. The fourth-order valence-corrected chi connectivity index (χ4v) is 4.43. The molecule has 0 radical (unpaired) electrons. The van der Waals surface area contributed by atoms with Gasteiger partial charge in [0.15, 0.2) is 0 Å². The summed E-state index contributed by atoms with van der Waals surface area (Å²) in [7, 11) is 1.39. The summed E-state index contributed by atoms with van der Waals surface area (Å²) in [5, 5.41) is 4.00. The summed E-state index contributed by atoms with van der Waals surface area (Å²) in [5.74, 6) is -0.248. The van der Waals surface area contributed by atoms with Crippen LogP contribution in [0.2, 0.25) is 0 Å². The molecule has 2 aromatic carbocycles. The van der Waals surface area contributed by atoms with Gasteiger partial charge in [-0.2, -0.15) is 0 Å². The lowest BCUT2D eigenvalue weighted by Crippen LogP contribution is -2.44. The first-order valence-corrected chi connectivity index (χ1v) is 10.6. The zero-order valence-electron chi connectivity index (χ0n) is 16.8. The van der Waals surface area contributed by atoms with Crippen LogP contribution in [0.4, 0.5) is 0 Å². The lowest BCUT2D eigenvalue weighted by atomic mass is 9.78. The summed E-state index contributed by atoms with van der Waals surface area (Å²) in [5.41, 5.74) is 1.20. The summed E-state index contributed by atoms with van der Waals surface area (Å²) >= 11 is 1.63. The maximum Gasteiger partial charge on any atom is 0.305 e. The van der Waals surface area contributed by atoms with Gasteiger partial charge in [0.1, 0.15) is 0 Å². The minimum absolute atomic E-state index is 0.0268. The van der Waals surface area contributed by atoms with Crippen molar-refractivity contribution in [1.29, 1.82) is 0 Å². The van der Waals surface area contributed by atoms with Crippen molar-refractivity contribution in [3.05, 3.63) is 65.2 Å². The molecule has 1 N–H and O–H groups in total. The van der Waals surface area contributed by atoms with Crippen LogP contribution < -0.4 is 5.32 Å². The molecule has 0 saturated heterocycles. The first-order chi connectivity index (χ1) is 14.0. The highest BCUT2D eigenvalue weighted by molar-refractivity contribution is 7.18. The van der Waals surface area contributed by atoms with Gasteiger partial charge in [-0.15, -0.1) is 11.3 Å². The smallest absolute Gasteiger partial charge is 0.305 e. The van der Waals surface area contributed by atoms with Crippen LogP contribution in [0.5, 0.6) is 0 Å². The average Bonchev–Trinajstić information content (AvgIpc) is 3.15. The third-order valence-corrected chi connectivity index (χ3v) is 6.11. The number of thiazole rings is 1. The van der Waals surface area contributed by atoms with E-state index >= 15 is 0 Å². The third-order valence-electron chi connectivity index (χ3n) is 5.08. The first kappa shape index (κ1) is 21.0. The topological polar surface area (TPSA) is 68.3 Å². The molecule has 1 heterocycles. The van der Waals surface area contributed by atoms with Crippen LogP contribution in [0.25, 0.3) is 10.2 Å². The number of ether oxygens (including phenoxy) is 1. The van der Waals surface area contributed by atoms with E-state index in [0.29, 0.717) is 25.8 Å². The van der Waals surface area contributed by atoms with Gasteiger partial charge in [-0.25, -0.2) is 4.98 Å². The minimum atomic E-state index is -0.725. The van der Waals surface area contributed by atoms with Crippen molar-refractivity contribution >= 4 is 33.4 Å². The van der Waals surface area contributed by atoms with Gasteiger partial charge in [-0.1, -0.05) is 42.5 Å². The number of para-hydroxylation sites is 1. The predicted octanol–water partition coefficient (Wildman–Crippen LogP) is 4.26. The molecule has 1 amide bonds. The summed E-state index contributed by atoms with van der Waals surface area (Å²) < 4.78 is 5.78. The Morgan fingerprint density at radius 3 is 2.52 bits per heavy atom. The maximum atomic E-state index is 13.2. The number of nitrogens with one attached hydrogen (secondary N) is 1. The Morgan fingerprint density at radius 1 is 1.07 bits per heavy atom. The second kappa shape index (κ2) is 9.65. The normalized spacial score (nSPS) is 13.0. The zero-order valence-corrected chi connectivity index (χ0v) is 17.6. The Kier molecular flexibility index (Phi) is 6.99. The summed E-state index contributed by atoms with van der Waals surface area (Å²) in [6.45, 7) is 2.50. The number of fused-ring (bicyclic) bond motifs is 1. The number of esters is 1. The SMILES string of the molecule is COC(=O)CCCCNC(=O)C(C)(Cc1nc2ccccc2s1)c1ccccc1. The van der Waals surface area contributed by atoms with E-state index < -0.39 is 5.41 Å². The van der Waals surface area contributed by atoms with Gasteiger partial charge in [-0.05, 0) is 37.5 Å². The van der Waals surface area contributed by atoms with Crippen LogP contribution in [0.3, 0.4) is 0 Å². The third kappa shape index (κ3) is 5.21. The molecule has 0 fully saturated rings. The number of unbranched alkanes of at least 4 members (excludes halogenated alkanes) is 1. The van der Waals surface area contributed by atoms with E-state index in [0.717, 1.165) is 27.2 Å². The lowest BCUT2D eigenvalue weighted by Gasteiger charge is -2.28. The second-order valence-electron chi connectivity index (χ2n) is 7.24. The Labute approximate surface area is 175 Å². The Bertz CT molecular complexity index is 937. The van der Waals surface area contributed by atoms with Gasteiger partial charge in [0.2, 0.25) is 5.91 Å². The largest absolute Gasteiger partial charge is 0.469 e. The van der Waals surface area contributed by atoms with Crippen LogP contribution in [0.15, 0.2) is 54.6 Å². The van der Waals surface area contributed by atoms with E-state index in [4.69, 9.17) is 4.98 Å². The molecular weight excluding hydrogens is 384 g/mol. The molecule has 152 valence electrons. The van der Waals surface area contributed by atoms with E-state index in [1.807, 2.05) is 55.5 Å². The number of nitrogens with zero attached hydrogens (tertiary/aromatic N) is 1. The van der Waals surface area contributed by atoms with E-state index in [2.05, 4.69) is 16.1 Å². The van der Waals surface area contributed by atoms with Crippen molar-refractivity contribution in [2.75, 3.05) is 13.7 Å². The molecule has 6 heteroatoms. The van der Waals surface area contributed by atoms with Crippen molar-refractivity contribution in [1.82, 2.24) is 10.3 Å². The molecule has 5 nitrogen and oxygen atoms in total. The fraction of sp³-hybridized carbons (Fsp3) is 0.348. The van der Waals surface area contributed by atoms with Crippen LogP contribution in [-0.4, -0.2) is 30.5 Å². The van der Waals surface area contributed by atoms with Gasteiger partial charge in [-0.3, -0.25) is 9.59 Å². The monoisotopic (exact) mass is 410 g/mol. The molecule has 0 aliphatic carbocycles. The van der Waals surface area contributed by atoms with Gasteiger partial charge >= 0.3 is 5.97 Å². The molecule has 3 aromatic rings. The number of carbonyl (C=O) groups is 2. The molecule has 0 saturated carbocycles. The molecule has 0 aliphatic rings. The van der Waals surface area contributed by atoms with Crippen LogP contribution >= 0.6 is 11.3 Å². The number of hydrogen-bond acceptors (Lipinski definition) is 5. The molecule has 0 spiro atoms. The highest BCUT2D eigenvalue weighted by atomic mass is 32.1. The zero-order chi connectivity index (χ0) is 20.7. The number of carbonyl (C=O) groups excluding carboxylic acids is 2. The molecule has 1 aromatic heterocycles. The second-order valence-corrected chi connectivity index (χ2v) is 8.35. The lowest BCUT2D eigenvalue weighted by molar-refractivity contribution is -0.140. The number of benzene rings is 2. The van der Waals surface area contributed by atoms with E-state index in [-0.39, 0.29) is 11.9 Å². The highest BCUT2D eigenvalue weighted by Gasteiger charge is 2.36. The Morgan fingerprint density at radius 2 is 1.79 bits per heavy atom. The summed E-state index contributed by atoms with van der Waals surface area (Å²) in [4.78, 5) is 29.2. The highest BCUT2D eigenvalue weighted by Crippen LogP contribution is 2.32. The molecular formula is C23H26N2O3S. The van der Waals surface area contributed by atoms with Crippen molar-refractivity contribution in [3.63, 3.8) is 0 Å². The average molecular weight is 411 g/mol. The van der Waals surface area contributed by atoms with Crippen molar-refractivity contribution in [2.24, 2.45) is 0 Å². The molecule has 1 atom stereocenters. The molecule has 1 unspecified atom stereocenters. The molecule has 0 bridgehead atoms. The molecule has 3 rings (SSSR count). The van der Waals surface area contributed by atoms with Gasteiger partial charge in [0.05, 0.1) is 27.7 Å². The predicted molar refractivity (Wildman–Crippen MR) is 116 cm³/mol. The summed E-state index contributed by atoms with van der Waals surface area (Å²) in [6.07, 6.45) is 2.32. The van der Waals surface area contributed by atoms with E-state index in [9.17, 15) is 9.59 Å². The quantitative estimate of drug-likeness (QED) is 0.423. The molecule has 0 aliphatic heterocycles. The van der Waals surface area contributed by atoms with Crippen LogP contribution in [0, 0.1) is 0 Å². The number of aromatic nitrogens is 1. The number of hydrogen-bond donors (Lipinski definition) is 1. The number of amides is 1. The van der Waals surface area contributed by atoms with Gasteiger partial charge in [0.25, 0.3) is 0 Å². The van der Waals surface area contributed by atoms with Gasteiger partial charge in [0, 0.05) is 19.4 Å². The minimum Gasteiger partial charge on any atom is -0.469 e. The van der Waals surface area contributed by atoms with E-state index in [1.54, 1.807) is 11.3 Å². The van der Waals surface area contributed by atoms with Crippen molar-refractivity contribution < 1.29 is 14.3 Å². The number of methoxy groups -OCH3 is 1. The Hall–Kier alpha value is -2.73. The van der Waals surface area contributed by atoms with Crippen molar-refractivity contribution in [2.45, 2.75) is 38.0 Å². The van der Waals surface area contributed by atoms with Crippen molar-refractivity contribution in [3.8, 4) is 0 Å². The Balaban J connectivity index is 1.73. The summed E-state index contributed by atoms with van der Waals surface area (Å²) in [6, 6.07) is 17.9.